The van der Waals surface area contributed by atoms with Gasteiger partial charge in [0.05, 0.1) is 12.1 Å². The summed E-state index contributed by atoms with van der Waals surface area (Å²) in [6.07, 6.45) is 0.00904. The first-order valence-electron chi connectivity index (χ1n) is 7.04. The third-order valence-electron chi connectivity index (χ3n) is 3.43. The molecule has 21 heavy (non-hydrogen) atoms. The topological polar surface area (TPSA) is 91.5 Å². The first-order valence-corrected chi connectivity index (χ1v) is 7.04. The molecule has 0 aliphatic carbocycles. The van der Waals surface area contributed by atoms with Gasteiger partial charge in [0, 0.05) is 19.0 Å². The molecule has 1 aliphatic rings. The summed E-state index contributed by atoms with van der Waals surface area (Å²) in [5.74, 6) is 1.26. The lowest BCUT2D eigenvalue weighted by atomic mass is 10.2. The lowest BCUT2D eigenvalue weighted by molar-refractivity contribution is -0.134. The highest BCUT2D eigenvalue weighted by atomic mass is 35.5. The second kappa shape index (κ2) is 7.72. The van der Waals surface area contributed by atoms with Crippen molar-refractivity contribution < 1.29 is 14.4 Å². The molecule has 1 fully saturated rings. The summed E-state index contributed by atoms with van der Waals surface area (Å²) in [5, 5.41) is 16.4. The molecule has 0 unspecified atom stereocenters. The van der Waals surface area contributed by atoms with Gasteiger partial charge >= 0.3 is 0 Å². The van der Waals surface area contributed by atoms with Crippen molar-refractivity contribution in [3.05, 3.63) is 11.7 Å². The van der Waals surface area contributed by atoms with E-state index in [1.807, 2.05) is 20.8 Å². The lowest BCUT2D eigenvalue weighted by Gasteiger charge is -2.22. The second-order valence-corrected chi connectivity index (χ2v) is 5.40. The highest BCUT2D eigenvalue weighted by Gasteiger charge is 2.31. The van der Waals surface area contributed by atoms with E-state index >= 15 is 0 Å². The highest BCUT2D eigenvalue weighted by molar-refractivity contribution is 5.85. The Morgan fingerprint density at radius 1 is 1.57 bits per heavy atom. The van der Waals surface area contributed by atoms with Gasteiger partial charge in [-0.3, -0.25) is 4.79 Å². The van der Waals surface area contributed by atoms with Crippen LogP contribution in [0.3, 0.4) is 0 Å². The van der Waals surface area contributed by atoms with E-state index in [0.29, 0.717) is 37.8 Å². The summed E-state index contributed by atoms with van der Waals surface area (Å²) in [4.78, 5) is 18.3. The van der Waals surface area contributed by atoms with Gasteiger partial charge in [-0.25, -0.2) is 0 Å². The summed E-state index contributed by atoms with van der Waals surface area (Å²) in [6.45, 7) is 7.22. The number of likely N-dealkylation sites (N-methyl/N-ethyl adjacent to an activating group) is 1. The Hall–Kier alpha value is -1.18. The summed E-state index contributed by atoms with van der Waals surface area (Å²) in [7, 11) is 0. The van der Waals surface area contributed by atoms with E-state index < -0.39 is 6.10 Å². The van der Waals surface area contributed by atoms with Gasteiger partial charge in [0.25, 0.3) is 0 Å². The monoisotopic (exact) mass is 318 g/mol. The van der Waals surface area contributed by atoms with E-state index in [1.54, 1.807) is 4.90 Å². The van der Waals surface area contributed by atoms with E-state index in [0.717, 1.165) is 0 Å². The molecular weight excluding hydrogens is 296 g/mol. The maximum atomic E-state index is 12.3. The van der Waals surface area contributed by atoms with Gasteiger partial charge < -0.3 is 19.8 Å². The Morgan fingerprint density at radius 2 is 2.29 bits per heavy atom. The number of rotatable bonds is 5. The van der Waals surface area contributed by atoms with Crippen LogP contribution in [0.5, 0.6) is 0 Å². The SMILES string of the molecule is CCN(Cc1nc(C(C)C)no1)C(=O)[C@H]1C[C@@H](O)CN1.Cl. The molecule has 1 aromatic heterocycles. The molecule has 2 N–H and O–H groups in total. The quantitative estimate of drug-likeness (QED) is 0.830. The Bertz CT molecular complexity index is 466. The highest BCUT2D eigenvalue weighted by Crippen LogP contribution is 2.14. The number of hydrogen-bond acceptors (Lipinski definition) is 6. The van der Waals surface area contributed by atoms with Crippen LogP contribution >= 0.6 is 12.4 Å². The van der Waals surface area contributed by atoms with Gasteiger partial charge in [-0.15, -0.1) is 12.4 Å². The van der Waals surface area contributed by atoms with Crippen molar-refractivity contribution in [3.63, 3.8) is 0 Å². The van der Waals surface area contributed by atoms with E-state index in [1.165, 1.54) is 0 Å². The maximum Gasteiger partial charge on any atom is 0.246 e. The van der Waals surface area contributed by atoms with Gasteiger partial charge in [-0.1, -0.05) is 19.0 Å². The molecule has 7 nitrogen and oxygen atoms in total. The lowest BCUT2D eigenvalue weighted by Crippen LogP contribution is -2.43. The van der Waals surface area contributed by atoms with Crippen molar-refractivity contribution in [2.45, 2.75) is 51.8 Å². The molecule has 1 aliphatic heterocycles. The molecule has 2 atom stereocenters. The van der Waals surface area contributed by atoms with Gasteiger partial charge in [0.15, 0.2) is 5.82 Å². The second-order valence-electron chi connectivity index (χ2n) is 5.40. The van der Waals surface area contributed by atoms with Crippen LogP contribution in [0.15, 0.2) is 4.52 Å². The molecule has 1 aromatic rings. The standard InChI is InChI=1S/C13H22N4O3.ClH/c1-4-17(13(19)10-5-9(18)6-14-10)7-11-15-12(8(2)3)16-20-11;/h8-10,14,18H,4-7H2,1-3H3;1H/t9-,10-;/m1./s1. The fraction of sp³-hybridized carbons (Fsp3) is 0.769. The van der Waals surface area contributed by atoms with Crippen LogP contribution in [0.2, 0.25) is 0 Å². The summed E-state index contributed by atoms with van der Waals surface area (Å²) in [5.41, 5.74) is 0. The molecule has 0 bridgehead atoms. The van der Waals surface area contributed by atoms with Crippen LogP contribution in [0.25, 0.3) is 0 Å². The third kappa shape index (κ3) is 4.39. The predicted molar refractivity (Wildman–Crippen MR) is 79.1 cm³/mol. The zero-order valence-electron chi connectivity index (χ0n) is 12.6. The maximum absolute atomic E-state index is 12.3. The first kappa shape index (κ1) is 17.9. The van der Waals surface area contributed by atoms with E-state index in [4.69, 9.17) is 4.52 Å². The molecule has 1 amide bonds. The van der Waals surface area contributed by atoms with Crippen LogP contribution < -0.4 is 5.32 Å². The van der Waals surface area contributed by atoms with Crippen molar-refractivity contribution in [2.24, 2.45) is 0 Å². The minimum Gasteiger partial charge on any atom is -0.392 e. The molecule has 120 valence electrons. The normalized spacial score (nSPS) is 21.4. The van der Waals surface area contributed by atoms with E-state index in [2.05, 4.69) is 15.5 Å². The van der Waals surface area contributed by atoms with Gasteiger partial charge in [0.1, 0.15) is 6.54 Å². The predicted octanol–water partition coefficient (Wildman–Crippen LogP) is 0.686. The average molecular weight is 319 g/mol. The Morgan fingerprint density at radius 3 is 2.76 bits per heavy atom. The number of amides is 1. The molecule has 1 saturated heterocycles. The van der Waals surface area contributed by atoms with Crippen molar-refractivity contribution in [1.82, 2.24) is 20.4 Å². The fourth-order valence-corrected chi connectivity index (χ4v) is 2.20. The van der Waals surface area contributed by atoms with Crippen molar-refractivity contribution in [2.75, 3.05) is 13.1 Å². The molecule has 0 spiro atoms. The Labute approximate surface area is 130 Å². The van der Waals surface area contributed by atoms with Gasteiger partial charge in [-0.2, -0.15) is 4.98 Å². The summed E-state index contributed by atoms with van der Waals surface area (Å²) < 4.78 is 5.17. The number of halogens is 1. The number of carbonyl (C=O) groups is 1. The van der Waals surface area contributed by atoms with Crippen LogP contribution in [0.1, 0.15) is 44.8 Å². The number of nitrogens with zero attached hydrogens (tertiary/aromatic N) is 3. The number of aliphatic hydroxyl groups excluding tert-OH is 1. The van der Waals surface area contributed by atoms with E-state index in [9.17, 15) is 9.90 Å². The molecule has 0 aromatic carbocycles. The molecule has 0 radical (unpaired) electrons. The van der Waals surface area contributed by atoms with E-state index in [-0.39, 0.29) is 30.3 Å². The van der Waals surface area contributed by atoms with Gasteiger partial charge in [-0.05, 0) is 13.3 Å². The number of hydrogen-bond donors (Lipinski definition) is 2. The molecule has 2 heterocycles. The number of aromatic nitrogens is 2. The van der Waals surface area contributed by atoms with Crippen LogP contribution in [0, 0.1) is 0 Å². The smallest absolute Gasteiger partial charge is 0.246 e. The fourth-order valence-electron chi connectivity index (χ4n) is 2.20. The zero-order valence-corrected chi connectivity index (χ0v) is 13.4. The Balaban J connectivity index is 0.00000220. The Kier molecular flexibility index (Phi) is 6.57. The zero-order chi connectivity index (χ0) is 14.7. The van der Waals surface area contributed by atoms with Crippen molar-refractivity contribution in [1.29, 1.82) is 0 Å². The molecule has 2 rings (SSSR count). The average Bonchev–Trinajstić information content (AvgIpc) is 3.04. The van der Waals surface area contributed by atoms with Crippen LogP contribution in [0.4, 0.5) is 0 Å². The van der Waals surface area contributed by atoms with Crippen LogP contribution in [-0.4, -0.2) is 51.3 Å². The minimum atomic E-state index is -0.446. The largest absolute Gasteiger partial charge is 0.392 e. The first-order chi connectivity index (χ1) is 9.51. The molecule has 0 saturated carbocycles. The summed E-state index contributed by atoms with van der Waals surface area (Å²) in [6, 6.07) is -0.322. The molecule has 8 heteroatoms. The summed E-state index contributed by atoms with van der Waals surface area (Å²) >= 11 is 0. The number of aliphatic hydroxyl groups is 1. The number of carbonyl (C=O) groups excluding carboxylic acids is 1. The number of β-amino-alcohol motifs (C(OH)–C–C–N with tert-alkyl or cyclic N) is 1. The third-order valence-corrected chi connectivity index (χ3v) is 3.43. The number of nitrogens with one attached hydrogen (secondary N) is 1. The van der Waals surface area contributed by atoms with Crippen molar-refractivity contribution >= 4 is 18.3 Å². The minimum absolute atomic E-state index is 0. The molecular formula is C13H23ClN4O3. The van der Waals surface area contributed by atoms with Crippen LogP contribution in [-0.2, 0) is 11.3 Å². The van der Waals surface area contributed by atoms with Crippen molar-refractivity contribution in [3.8, 4) is 0 Å². The van der Waals surface area contributed by atoms with Gasteiger partial charge in [0.2, 0.25) is 11.8 Å².